The highest BCUT2D eigenvalue weighted by Crippen LogP contribution is 2.39. The summed E-state index contributed by atoms with van der Waals surface area (Å²) in [5.74, 6) is -0.817. The van der Waals surface area contributed by atoms with E-state index in [1.165, 1.54) is 0 Å². The molecule has 4 rings (SSSR count). The first-order valence-electron chi connectivity index (χ1n) is 11.1. The zero-order valence-corrected chi connectivity index (χ0v) is 19.3. The van der Waals surface area contributed by atoms with Gasteiger partial charge in [-0.25, -0.2) is 0 Å². The first-order chi connectivity index (χ1) is 16.0. The zero-order valence-electron chi connectivity index (χ0n) is 18.5. The van der Waals surface area contributed by atoms with Crippen molar-refractivity contribution in [2.24, 2.45) is 0 Å². The second-order valence-corrected chi connectivity index (χ2v) is 8.39. The Kier molecular flexibility index (Phi) is 7.33. The molecule has 1 amide bonds. The second-order valence-electron chi connectivity index (χ2n) is 7.96. The van der Waals surface area contributed by atoms with Gasteiger partial charge in [0.05, 0.1) is 31.4 Å². The molecule has 2 aromatic rings. The number of hydrogen-bond donors (Lipinski definition) is 1. The first-order valence-corrected chi connectivity index (χ1v) is 11.4. The Balaban J connectivity index is 1.71. The number of aliphatic hydroxyl groups excluding tert-OH is 1. The lowest BCUT2D eigenvalue weighted by molar-refractivity contribution is -0.140. The molecule has 7 nitrogen and oxygen atoms in total. The highest BCUT2D eigenvalue weighted by Gasteiger charge is 2.46. The van der Waals surface area contributed by atoms with Gasteiger partial charge in [-0.15, -0.1) is 0 Å². The van der Waals surface area contributed by atoms with Crippen molar-refractivity contribution in [3.63, 3.8) is 0 Å². The van der Waals surface area contributed by atoms with Crippen LogP contribution < -0.4 is 4.74 Å². The van der Waals surface area contributed by atoms with Gasteiger partial charge in [-0.2, -0.15) is 0 Å². The third-order valence-electron chi connectivity index (χ3n) is 5.93. The number of hydrogen-bond acceptors (Lipinski definition) is 6. The molecule has 2 fully saturated rings. The molecule has 2 aliphatic heterocycles. The molecule has 1 atom stereocenters. The summed E-state index contributed by atoms with van der Waals surface area (Å²) in [6.07, 6.45) is 0. The van der Waals surface area contributed by atoms with Gasteiger partial charge in [0, 0.05) is 36.8 Å². The average molecular weight is 471 g/mol. The minimum Gasteiger partial charge on any atom is -0.507 e. The van der Waals surface area contributed by atoms with E-state index in [0.29, 0.717) is 49.2 Å². The molecule has 2 saturated heterocycles. The van der Waals surface area contributed by atoms with E-state index in [1.54, 1.807) is 29.2 Å². The molecular formula is C25H27ClN2O5. The van der Waals surface area contributed by atoms with E-state index in [0.717, 1.165) is 18.7 Å². The number of aliphatic hydroxyl groups is 1. The van der Waals surface area contributed by atoms with E-state index in [9.17, 15) is 14.7 Å². The molecule has 0 radical (unpaired) electrons. The summed E-state index contributed by atoms with van der Waals surface area (Å²) < 4.78 is 10.9. The van der Waals surface area contributed by atoms with Crippen molar-refractivity contribution in [2.45, 2.75) is 13.0 Å². The van der Waals surface area contributed by atoms with Crippen molar-refractivity contribution >= 4 is 29.1 Å². The highest BCUT2D eigenvalue weighted by molar-refractivity contribution is 6.46. The Hall–Kier alpha value is -2.87. The normalized spacial score (nSPS) is 20.9. The number of morpholine rings is 1. The maximum atomic E-state index is 13.1. The van der Waals surface area contributed by atoms with Crippen LogP contribution in [0, 0.1) is 0 Å². The van der Waals surface area contributed by atoms with Crippen molar-refractivity contribution < 1.29 is 24.2 Å². The van der Waals surface area contributed by atoms with Gasteiger partial charge in [-0.05, 0) is 48.9 Å². The highest BCUT2D eigenvalue weighted by atomic mass is 35.5. The Morgan fingerprint density at radius 2 is 1.73 bits per heavy atom. The van der Waals surface area contributed by atoms with Crippen LogP contribution in [0.15, 0.2) is 54.1 Å². The van der Waals surface area contributed by atoms with Crippen LogP contribution in [0.25, 0.3) is 5.76 Å². The number of Topliss-reactive ketones (excluding diaryl/α,β-unsaturated/α-hetero) is 1. The van der Waals surface area contributed by atoms with Crippen LogP contribution in [0.4, 0.5) is 0 Å². The predicted molar refractivity (Wildman–Crippen MR) is 125 cm³/mol. The predicted octanol–water partition coefficient (Wildman–Crippen LogP) is 3.49. The van der Waals surface area contributed by atoms with Crippen molar-refractivity contribution in [3.05, 3.63) is 70.3 Å². The SMILES string of the molecule is CCOc1ccc([C@@H]2/C(=C(\O)c3ccc(Cl)cc3)C(=O)C(=O)N2CCN2CCOCC2)cc1. The quantitative estimate of drug-likeness (QED) is 0.379. The van der Waals surface area contributed by atoms with Gasteiger partial charge in [0.2, 0.25) is 0 Å². The molecule has 0 saturated carbocycles. The first kappa shape index (κ1) is 23.3. The maximum Gasteiger partial charge on any atom is 0.295 e. The van der Waals surface area contributed by atoms with Crippen molar-refractivity contribution in [3.8, 4) is 5.75 Å². The molecule has 0 aromatic heterocycles. The minimum absolute atomic E-state index is 0.0773. The molecule has 0 aliphatic carbocycles. The van der Waals surface area contributed by atoms with Gasteiger partial charge >= 0.3 is 0 Å². The molecule has 0 spiro atoms. The standard InChI is InChI=1S/C25H27ClN2O5/c1-2-33-20-9-5-17(6-10-20)22-21(23(29)18-3-7-19(26)8-4-18)24(30)25(31)28(22)12-11-27-13-15-32-16-14-27/h3-10,22,29H,2,11-16H2,1H3/b23-21+/t22-/m1/s1. The fraction of sp³-hybridized carbons (Fsp3) is 0.360. The van der Waals surface area contributed by atoms with E-state index in [-0.39, 0.29) is 11.3 Å². The minimum atomic E-state index is -0.697. The smallest absolute Gasteiger partial charge is 0.295 e. The number of carbonyl (C=O) groups is 2. The molecule has 174 valence electrons. The van der Waals surface area contributed by atoms with E-state index >= 15 is 0 Å². The Morgan fingerprint density at radius 3 is 2.36 bits per heavy atom. The summed E-state index contributed by atoms with van der Waals surface area (Å²) in [4.78, 5) is 29.9. The zero-order chi connectivity index (χ0) is 23.4. The number of ketones is 1. The molecule has 1 N–H and O–H groups in total. The van der Waals surface area contributed by atoms with E-state index in [4.69, 9.17) is 21.1 Å². The van der Waals surface area contributed by atoms with Crippen LogP contribution in [-0.2, 0) is 14.3 Å². The molecular weight excluding hydrogens is 444 g/mol. The Morgan fingerprint density at radius 1 is 1.06 bits per heavy atom. The van der Waals surface area contributed by atoms with Gasteiger partial charge < -0.3 is 19.5 Å². The van der Waals surface area contributed by atoms with Gasteiger partial charge in [0.1, 0.15) is 11.5 Å². The number of halogens is 1. The number of likely N-dealkylation sites (tertiary alicyclic amines) is 1. The van der Waals surface area contributed by atoms with Gasteiger partial charge in [0.25, 0.3) is 11.7 Å². The fourth-order valence-corrected chi connectivity index (χ4v) is 4.33. The van der Waals surface area contributed by atoms with E-state index < -0.39 is 17.7 Å². The van der Waals surface area contributed by atoms with Crippen molar-refractivity contribution in [2.75, 3.05) is 46.0 Å². The fourth-order valence-electron chi connectivity index (χ4n) is 4.21. The average Bonchev–Trinajstić information content (AvgIpc) is 3.09. The number of ether oxygens (including phenoxy) is 2. The third kappa shape index (κ3) is 5.05. The number of amides is 1. The monoisotopic (exact) mass is 470 g/mol. The second kappa shape index (κ2) is 10.4. The summed E-state index contributed by atoms with van der Waals surface area (Å²) in [5.41, 5.74) is 1.24. The van der Waals surface area contributed by atoms with Crippen LogP contribution >= 0.6 is 11.6 Å². The summed E-state index contributed by atoms with van der Waals surface area (Å²) in [5, 5.41) is 11.6. The van der Waals surface area contributed by atoms with Crippen LogP contribution in [0.1, 0.15) is 24.1 Å². The maximum absolute atomic E-state index is 13.1. The lowest BCUT2D eigenvalue weighted by Gasteiger charge is -2.31. The molecule has 0 unspecified atom stereocenters. The molecule has 2 aromatic carbocycles. The molecule has 8 heteroatoms. The third-order valence-corrected chi connectivity index (χ3v) is 6.18. The van der Waals surface area contributed by atoms with Crippen molar-refractivity contribution in [1.82, 2.24) is 9.80 Å². The lowest BCUT2D eigenvalue weighted by atomic mass is 9.95. The van der Waals surface area contributed by atoms with Gasteiger partial charge in [0.15, 0.2) is 0 Å². The largest absolute Gasteiger partial charge is 0.507 e. The lowest BCUT2D eigenvalue weighted by Crippen LogP contribution is -2.42. The summed E-state index contributed by atoms with van der Waals surface area (Å²) in [7, 11) is 0. The van der Waals surface area contributed by atoms with Crippen LogP contribution in [-0.4, -0.2) is 72.6 Å². The number of carbonyl (C=O) groups excluding carboxylic acids is 2. The van der Waals surface area contributed by atoms with Gasteiger partial charge in [-0.3, -0.25) is 14.5 Å². The number of rotatable bonds is 7. The Bertz CT molecular complexity index is 1030. The van der Waals surface area contributed by atoms with Gasteiger partial charge in [-0.1, -0.05) is 23.7 Å². The summed E-state index contributed by atoms with van der Waals surface area (Å²) in [6.45, 7) is 6.28. The summed E-state index contributed by atoms with van der Waals surface area (Å²) >= 11 is 5.98. The molecule has 0 bridgehead atoms. The van der Waals surface area contributed by atoms with Crippen LogP contribution in [0.5, 0.6) is 5.75 Å². The van der Waals surface area contributed by atoms with Crippen molar-refractivity contribution in [1.29, 1.82) is 0 Å². The summed E-state index contributed by atoms with van der Waals surface area (Å²) in [6, 6.07) is 13.1. The van der Waals surface area contributed by atoms with E-state index in [2.05, 4.69) is 4.90 Å². The van der Waals surface area contributed by atoms with E-state index in [1.807, 2.05) is 31.2 Å². The topological polar surface area (TPSA) is 79.3 Å². The van der Waals surface area contributed by atoms with Crippen LogP contribution in [0.2, 0.25) is 5.02 Å². The Labute approximate surface area is 198 Å². The van der Waals surface area contributed by atoms with Crippen LogP contribution in [0.3, 0.4) is 0 Å². The molecule has 2 heterocycles. The molecule has 2 aliphatic rings. The number of benzene rings is 2. The molecule has 33 heavy (non-hydrogen) atoms. The number of nitrogens with zero attached hydrogens (tertiary/aromatic N) is 2.